The van der Waals surface area contributed by atoms with Gasteiger partial charge >= 0.3 is 0 Å². The van der Waals surface area contributed by atoms with Crippen LogP contribution in [0.3, 0.4) is 0 Å². The molecule has 1 unspecified atom stereocenters. The number of benzene rings is 1. The first kappa shape index (κ1) is 20.9. The van der Waals surface area contributed by atoms with Crippen molar-refractivity contribution in [1.82, 2.24) is 5.32 Å². The highest BCUT2D eigenvalue weighted by atomic mass is 16.5. The van der Waals surface area contributed by atoms with E-state index < -0.39 is 6.10 Å². The number of anilines is 1. The molecule has 1 aromatic rings. The summed E-state index contributed by atoms with van der Waals surface area (Å²) in [5.74, 6) is -0.188. The van der Waals surface area contributed by atoms with Crippen molar-refractivity contribution in [1.29, 1.82) is 0 Å². The van der Waals surface area contributed by atoms with Gasteiger partial charge in [-0.1, -0.05) is 13.3 Å². The van der Waals surface area contributed by atoms with Crippen molar-refractivity contribution in [2.45, 2.75) is 46.1 Å². The highest BCUT2D eigenvalue weighted by molar-refractivity contribution is 6.05. The first-order valence-electron chi connectivity index (χ1n) is 9.41. The molecule has 2 amide bonds. The van der Waals surface area contributed by atoms with Gasteiger partial charge in [0.15, 0.2) is 11.9 Å². The Morgan fingerprint density at radius 2 is 2.00 bits per heavy atom. The van der Waals surface area contributed by atoms with E-state index in [1.807, 2.05) is 0 Å². The molecule has 0 aliphatic carbocycles. The largest absolute Gasteiger partial charge is 0.479 e. The number of carbonyl (C=O) groups excluding carboxylic acids is 3. The Labute approximate surface area is 160 Å². The summed E-state index contributed by atoms with van der Waals surface area (Å²) in [5, 5.41) is 2.80. The zero-order chi connectivity index (χ0) is 19.8. The fraction of sp³-hybridized carbons (Fsp3) is 0.550. The number of hydrogen-bond donors (Lipinski definition) is 1. The molecule has 0 radical (unpaired) electrons. The van der Waals surface area contributed by atoms with Gasteiger partial charge in [0.2, 0.25) is 5.91 Å². The SMILES string of the molecule is CCCCOCCCNC(=O)CN1C(=O)C(C)Oc2ccc(C(C)=O)cc21. The van der Waals surface area contributed by atoms with Crippen molar-refractivity contribution < 1.29 is 23.9 Å². The summed E-state index contributed by atoms with van der Waals surface area (Å²) in [6, 6.07) is 4.91. The zero-order valence-corrected chi connectivity index (χ0v) is 16.2. The van der Waals surface area contributed by atoms with Crippen LogP contribution in [0.4, 0.5) is 5.69 Å². The van der Waals surface area contributed by atoms with Gasteiger partial charge in [-0.15, -0.1) is 0 Å². The van der Waals surface area contributed by atoms with Crippen LogP contribution in [0.5, 0.6) is 5.75 Å². The summed E-state index contributed by atoms with van der Waals surface area (Å²) in [7, 11) is 0. The maximum absolute atomic E-state index is 12.5. The number of nitrogens with one attached hydrogen (secondary N) is 1. The van der Waals surface area contributed by atoms with Gasteiger partial charge in [-0.25, -0.2) is 0 Å². The van der Waals surface area contributed by atoms with Crippen LogP contribution in [-0.4, -0.2) is 50.0 Å². The highest BCUT2D eigenvalue weighted by Crippen LogP contribution is 2.34. The third-order valence-electron chi connectivity index (χ3n) is 4.31. The highest BCUT2D eigenvalue weighted by Gasteiger charge is 2.33. The van der Waals surface area contributed by atoms with Gasteiger partial charge in [0, 0.05) is 25.3 Å². The molecule has 1 aliphatic rings. The summed E-state index contributed by atoms with van der Waals surface area (Å²) in [5.41, 5.74) is 0.915. The second-order valence-corrected chi connectivity index (χ2v) is 6.59. The molecule has 0 aromatic heterocycles. The van der Waals surface area contributed by atoms with E-state index in [1.54, 1.807) is 25.1 Å². The topological polar surface area (TPSA) is 84.9 Å². The van der Waals surface area contributed by atoms with Crippen molar-refractivity contribution >= 4 is 23.3 Å². The Bertz CT molecular complexity index is 689. The van der Waals surface area contributed by atoms with E-state index in [0.717, 1.165) is 19.4 Å². The lowest BCUT2D eigenvalue weighted by molar-refractivity contribution is -0.128. The van der Waals surface area contributed by atoms with Crippen molar-refractivity contribution in [2.24, 2.45) is 0 Å². The Kier molecular flexibility index (Phi) is 7.79. The molecule has 0 saturated heterocycles. The normalized spacial score (nSPS) is 15.9. The van der Waals surface area contributed by atoms with Crippen LogP contribution >= 0.6 is 0 Å². The number of Topliss-reactive ketones (excluding diaryl/α,β-unsaturated/α-hetero) is 1. The van der Waals surface area contributed by atoms with Gasteiger partial charge < -0.3 is 14.8 Å². The van der Waals surface area contributed by atoms with E-state index in [-0.39, 0.29) is 24.1 Å². The molecule has 1 atom stereocenters. The lowest BCUT2D eigenvalue weighted by atomic mass is 10.1. The Balaban J connectivity index is 1.94. The van der Waals surface area contributed by atoms with Crippen LogP contribution in [-0.2, 0) is 14.3 Å². The summed E-state index contributed by atoms with van der Waals surface area (Å²) in [4.78, 5) is 37.8. The van der Waals surface area contributed by atoms with Gasteiger partial charge in [0.1, 0.15) is 12.3 Å². The van der Waals surface area contributed by atoms with Crippen molar-refractivity contribution in [3.63, 3.8) is 0 Å². The molecule has 2 rings (SSSR count). The first-order valence-corrected chi connectivity index (χ1v) is 9.41. The van der Waals surface area contributed by atoms with Crippen LogP contribution in [0.1, 0.15) is 50.4 Å². The molecule has 0 fully saturated rings. The van der Waals surface area contributed by atoms with Gasteiger partial charge in [0.25, 0.3) is 5.91 Å². The second-order valence-electron chi connectivity index (χ2n) is 6.59. The number of ether oxygens (including phenoxy) is 2. The van der Waals surface area contributed by atoms with E-state index in [2.05, 4.69) is 12.2 Å². The van der Waals surface area contributed by atoms with Crippen LogP contribution in [0.2, 0.25) is 0 Å². The first-order chi connectivity index (χ1) is 12.9. The number of amides is 2. The Hall–Kier alpha value is -2.41. The molecule has 1 aromatic carbocycles. The lowest BCUT2D eigenvalue weighted by Gasteiger charge is -2.32. The minimum atomic E-state index is -0.680. The van der Waals surface area contributed by atoms with E-state index >= 15 is 0 Å². The third-order valence-corrected chi connectivity index (χ3v) is 4.31. The number of ketones is 1. The number of fused-ring (bicyclic) bond motifs is 1. The summed E-state index contributed by atoms with van der Waals surface area (Å²) < 4.78 is 11.0. The van der Waals surface area contributed by atoms with Crippen LogP contribution in [0.25, 0.3) is 0 Å². The maximum Gasteiger partial charge on any atom is 0.268 e. The molecule has 7 heteroatoms. The predicted octanol–water partition coefficient (Wildman–Crippen LogP) is 2.33. The molecule has 0 spiro atoms. The Morgan fingerprint density at radius 1 is 1.26 bits per heavy atom. The lowest BCUT2D eigenvalue weighted by Crippen LogP contribution is -2.49. The standard InChI is InChI=1S/C20H28N2O5/c1-4-5-10-26-11-6-9-21-19(24)13-22-17-12-16(14(2)23)7-8-18(17)27-15(3)20(22)25/h7-8,12,15H,4-6,9-11,13H2,1-3H3,(H,21,24). The fourth-order valence-corrected chi connectivity index (χ4v) is 2.74. The molecule has 1 aliphatic heterocycles. The molecule has 7 nitrogen and oxygen atoms in total. The van der Waals surface area contributed by atoms with E-state index in [9.17, 15) is 14.4 Å². The molecule has 0 saturated carbocycles. The maximum atomic E-state index is 12.5. The summed E-state index contributed by atoms with van der Waals surface area (Å²) in [6.45, 7) is 6.91. The zero-order valence-electron chi connectivity index (χ0n) is 16.2. The quantitative estimate of drug-likeness (QED) is 0.500. The van der Waals surface area contributed by atoms with Gasteiger partial charge in [-0.2, -0.15) is 0 Å². The average Bonchev–Trinajstić information content (AvgIpc) is 2.64. The summed E-state index contributed by atoms with van der Waals surface area (Å²) in [6.07, 6.45) is 2.16. The number of rotatable bonds is 10. The van der Waals surface area contributed by atoms with Crippen LogP contribution < -0.4 is 15.0 Å². The average molecular weight is 376 g/mol. The minimum Gasteiger partial charge on any atom is -0.479 e. The predicted molar refractivity (Wildman–Crippen MR) is 102 cm³/mol. The molecule has 27 heavy (non-hydrogen) atoms. The van der Waals surface area contributed by atoms with Crippen LogP contribution in [0, 0.1) is 0 Å². The second kappa shape index (κ2) is 10.1. The number of hydrogen-bond acceptors (Lipinski definition) is 5. The molecular weight excluding hydrogens is 348 g/mol. The number of nitrogens with zero attached hydrogens (tertiary/aromatic N) is 1. The van der Waals surface area contributed by atoms with E-state index in [0.29, 0.717) is 36.6 Å². The van der Waals surface area contributed by atoms with E-state index in [4.69, 9.17) is 9.47 Å². The number of carbonyl (C=O) groups is 3. The summed E-state index contributed by atoms with van der Waals surface area (Å²) >= 11 is 0. The minimum absolute atomic E-state index is 0.114. The molecular formula is C20H28N2O5. The molecule has 0 bridgehead atoms. The molecule has 1 heterocycles. The monoisotopic (exact) mass is 376 g/mol. The van der Waals surface area contributed by atoms with E-state index in [1.165, 1.54) is 11.8 Å². The Morgan fingerprint density at radius 3 is 2.70 bits per heavy atom. The molecule has 148 valence electrons. The van der Waals surface area contributed by atoms with Crippen LogP contribution in [0.15, 0.2) is 18.2 Å². The fourth-order valence-electron chi connectivity index (χ4n) is 2.74. The van der Waals surface area contributed by atoms with Crippen molar-refractivity contribution in [3.8, 4) is 5.75 Å². The van der Waals surface area contributed by atoms with Gasteiger partial charge in [-0.05, 0) is 44.9 Å². The third kappa shape index (κ3) is 5.79. The molecule has 1 N–H and O–H groups in total. The number of unbranched alkanes of at least 4 members (excludes halogenated alkanes) is 1. The smallest absolute Gasteiger partial charge is 0.268 e. The van der Waals surface area contributed by atoms with Gasteiger partial charge in [0.05, 0.1) is 5.69 Å². The van der Waals surface area contributed by atoms with Crippen molar-refractivity contribution in [3.05, 3.63) is 23.8 Å². The van der Waals surface area contributed by atoms with Gasteiger partial charge in [-0.3, -0.25) is 19.3 Å². The van der Waals surface area contributed by atoms with Crippen molar-refractivity contribution in [2.75, 3.05) is 31.2 Å².